The molecule has 10 heteroatoms. The quantitative estimate of drug-likeness (QED) is 0.0195. The molecule has 0 N–H and O–H groups in total. The Balaban J connectivity index is 3.93. The van der Waals surface area contributed by atoms with Crippen LogP contribution in [0.5, 0.6) is 0 Å². The third kappa shape index (κ3) is 65.8. The Labute approximate surface area is 492 Å². The number of phosphoric acid groups is 1. The average Bonchev–Trinajstić information content (AvgIpc) is 3.41. The van der Waals surface area contributed by atoms with Crippen molar-refractivity contribution in [2.75, 3.05) is 47.5 Å². The standard InChI is InChI=1S/C69H136NO8P/c1-6-8-10-12-14-16-18-20-22-24-26-28-29-30-31-32-33-34-35-36-37-38-39-40-41-42-44-46-48-50-52-54-56-58-60-62-69(72)78-67(66-77-79(73,74)76-64-63-70(3,4)5)65-75-68(71)61-59-57-55-53-51-49-47-45-43-27-25-23-21-19-17-15-13-11-9-7-2/h24,26,67H,6-23,25,27-66H2,1-5H3/b26-24-. The summed E-state index contributed by atoms with van der Waals surface area (Å²) in [5.41, 5.74) is 0. The highest BCUT2D eigenvalue weighted by molar-refractivity contribution is 7.45. The van der Waals surface area contributed by atoms with Crippen molar-refractivity contribution in [1.29, 1.82) is 0 Å². The number of unbranched alkanes of at least 4 members (excludes halogenated alkanes) is 50. The summed E-state index contributed by atoms with van der Waals surface area (Å²) in [7, 11) is 1.19. The van der Waals surface area contributed by atoms with E-state index in [1.807, 2.05) is 21.1 Å². The van der Waals surface area contributed by atoms with E-state index >= 15 is 0 Å². The highest BCUT2D eigenvalue weighted by Crippen LogP contribution is 2.38. The van der Waals surface area contributed by atoms with E-state index in [1.54, 1.807) is 0 Å². The monoisotopic (exact) mass is 1140 g/mol. The highest BCUT2D eigenvalue weighted by Gasteiger charge is 2.22. The van der Waals surface area contributed by atoms with Gasteiger partial charge in [-0.25, -0.2) is 0 Å². The molecule has 79 heavy (non-hydrogen) atoms. The lowest BCUT2D eigenvalue weighted by molar-refractivity contribution is -0.870. The van der Waals surface area contributed by atoms with Gasteiger partial charge >= 0.3 is 11.9 Å². The molecule has 0 aliphatic heterocycles. The molecule has 0 spiro atoms. The number of esters is 2. The molecule has 0 fully saturated rings. The van der Waals surface area contributed by atoms with Crippen LogP contribution >= 0.6 is 7.82 Å². The third-order valence-corrected chi connectivity index (χ3v) is 17.0. The molecular formula is C69H136NO8P. The van der Waals surface area contributed by atoms with Crippen molar-refractivity contribution in [2.45, 2.75) is 373 Å². The minimum absolute atomic E-state index is 0.0257. The molecule has 2 atom stereocenters. The molecule has 0 saturated heterocycles. The van der Waals surface area contributed by atoms with Gasteiger partial charge in [-0.15, -0.1) is 0 Å². The summed E-state index contributed by atoms with van der Waals surface area (Å²) in [6.45, 7) is 4.32. The van der Waals surface area contributed by atoms with Gasteiger partial charge in [0, 0.05) is 12.8 Å². The Bertz CT molecular complexity index is 1340. The van der Waals surface area contributed by atoms with E-state index in [0.29, 0.717) is 17.4 Å². The summed E-state index contributed by atoms with van der Waals surface area (Å²) in [6, 6.07) is 0. The molecule has 0 rings (SSSR count). The number of hydrogen-bond acceptors (Lipinski definition) is 8. The molecule has 470 valence electrons. The van der Waals surface area contributed by atoms with Crippen LogP contribution in [-0.2, 0) is 32.7 Å². The van der Waals surface area contributed by atoms with Crippen molar-refractivity contribution in [3.05, 3.63) is 12.2 Å². The first-order chi connectivity index (χ1) is 38.5. The molecule has 0 aliphatic rings. The number of carbonyl (C=O) groups is 2. The number of likely N-dealkylation sites (N-methyl/N-ethyl adjacent to an activating group) is 1. The van der Waals surface area contributed by atoms with Gasteiger partial charge in [0.05, 0.1) is 27.7 Å². The van der Waals surface area contributed by atoms with Crippen LogP contribution in [0.25, 0.3) is 0 Å². The molecular weight excluding hydrogens is 1000 g/mol. The lowest BCUT2D eigenvalue weighted by atomic mass is 10.0. The molecule has 0 amide bonds. The zero-order chi connectivity index (χ0) is 57.7. The summed E-state index contributed by atoms with van der Waals surface area (Å²) in [6.07, 6.45) is 74.5. The number of phosphoric ester groups is 1. The van der Waals surface area contributed by atoms with Crippen molar-refractivity contribution in [1.82, 2.24) is 0 Å². The van der Waals surface area contributed by atoms with Crippen LogP contribution in [0.1, 0.15) is 367 Å². The van der Waals surface area contributed by atoms with Gasteiger partial charge in [-0.05, 0) is 38.5 Å². The van der Waals surface area contributed by atoms with Gasteiger partial charge < -0.3 is 27.9 Å². The second-order valence-electron chi connectivity index (χ2n) is 25.3. The van der Waals surface area contributed by atoms with E-state index < -0.39 is 26.5 Å². The van der Waals surface area contributed by atoms with Crippen LogP contribution in [0.3, 0.4) is 0 Å². The maximum atomic E-state index is 12.8. The average molecular weight is 1140 g/mol. The van der Waals surface area contributed by atoms with Crippen LogP contribution < -0.4 is 4.89 Å². The summed E-state index contributed by atoms with van der Waals surface area (Å²) < 4.78 is 34.3. The molecule has 9 nitrogen and oxygen atoms in total. The maximum absolute atomic E-state index is 12.8. The van der Waals surface area contributed by atoms with Gasteiger partial charge in [0.1, 0.15) is 19.8 Å². The van der Waals surface area contributed by atoms with E-state index in [0.717, 1.165) is 32.1 Å². The van der Waals surface area contributed by atoms with E-state index in [2.05, 4.69) is 26.0 Å². The van der Waals surface area contributed by atoms with Crippen LogP contribution in [0.15, 0.2) is 12.2 Å². The van der Waals surface area contributed by atoms with Crippen molar-refractivity contribution in [3.63, 3.8) is 0 Å². The second kappa shape index (κ2) is 61.3. The first-order valence-corrected chi connectivity index (χ1v) is 36.4. The minimum atomic E-state index is -4.63. The molecule has 0 aliphatic carbocycles. The van der Waals surface area contributed by atoms with Crippen molar-refractivity contribution < 1.29 is 42.1 Å². The van der Waals surface area contributed by atoms with Crippen molar-refractivity contribution in [2.24, 2.45) is 0 Å². The summed E-state index contributed by atoms with van der Waals surface area (Å²) in [5.74, 6) is -0.807. The topological polar surface area (TPSA) is 111 Å². The predicted octanol–water partition coefficient (Wildman–Crippen LogP) is 21.7. The zero-order valence-corrected chi connectivity index (χ0v) is 54.5. The van der Waals surface area contributed by atoms with E-state index in [1.165, 1.54) is 302 Å². The lowest BCUT2D eigenvalue weighted by Gasteiger charge is -2.28. The van der Waals surface area contributed by atoms with Gasteiger partial charge in [0.2, 0.25) is 0 Å². The lowest BCUT2D eigenvalue weighted by Crippen LogP contribution is -2.37. The molecule has 0 bridgehead atoms. The number of ether oxygens (including phenoxy) is 2. The summed E-state index contributed by atoms with van der Waals surface area (Å²) >= 11 is 0. The maximum Gasteiger partial charge on any atom is 0.306 e. The van der Waals surface area contributed by atoms with Gasteiger partial charge in [-0.2, -0.15) is 0 Å². The highest BCUT2D eigenvalue weighted by atomic mass is 31.2. The Morgan fingerprint density at radius 3 is 0.937 bits per heavy atom. The third-order valence-electron chi connectivity index (χ3n) is 16.0. The van der Waals surface area contributed by atoms with E-state index in [9.17, 15) is 19.0 Å². The number of carbonyl (C=O) groups excluding carboxylic acids is 2. The number of nitrogens with zero attached hydrogens (tertiary/aromatic N) is 1. The van der Waals surface area contributed by atoms with Gasteiger partial charge in [0.15, 0.2) is 6.10 Å². The number of rotatable bonds is 66. The molecule has 0 heterocycles. The van der Waals surface area contributed by atoms with Crippen molar-refractivity contribution in [3.8, 4) is 0 Å². The van der Waals surface area contributed by atoms with Crippen LogP contribution in [-0.4, -0.2) is 70.0 Å². The number of hydrogen-bond donors (Lipinski definition) is 0. The number of allylic oxidation sites excluding steroid dienone is 2. The molecule has 0 aromatic rings. The van der Waals surface area contributed by atoms with Crippen LogP contribution in [0.2, 0.25) is 0 Å². The fourth-order valence-corrected chi connectivity index (χ4v) is 11.4. The Morgan fingerprint density at radius 2 is 0.646 bits per heavy atom. The summed E-state index contributed by atoms with van der Waals surface area (Å²) in [4.78, 5) is 38.0. The fourth-order valence-electron chi connectivity index (χ4n) is 10.7. The normalized spacial score (nSPS) is 13.1. The van der Waals surface area contributed by atoms with Crippen molar-refractivity contribution >= 4 is 19.8 Å². The van der Waals surface area contributed by atoms with Gasteiger partial charge in [-0.1, -0.05) is 328 Å². The zero-order valence-electron chi connectivity index (χ0n) is 53.6. The smallest absolute Gasteiger partial charge is 0.306 e. The summed E-state index contributed by atoms with van der Waals surface area (Å²) in [5, 5.41) is 0. The molecule has 0 saturated carbocycles. The van der Waals surface area contributed by atoms with E-state index in [-0.39, 0.29) is 32.0 Å². The molecule has 0 aromatic heterocycles. The molecule has 0 radical (unpaired) electrons. The second-order valence-corrected chi connectivity index (χ2v) is 26.7. The SMILES string of the molecule is CCCCCCCCCC/C=C\CCCCCCCCCCCCCCCCCCCCCCCCCC(=O)OC(COC(=O)CCCCCCCCCCCCCCCCCCCCCC)COP(=O)([O-])OCC[N+](C)(C)C. The number of quaternary nitrogens is 1. The van der Waals surface area contributed by atoms with Crippen LogP contribution in [0.4, 0.5) is 0 Å². The van der Waals surface area contributed by atoms with Gasteiger partial charge in [0.25, 0.3) is 7.82 Å². The molecule has 0 aromatic carbocycles. The Morgan fingerprint density at radius 1 is 0.380 bits per heavy atom. The first kappa shape index (κ1) is 77.8. The predicted molar refractivity (Wildman–Crippen MR) is 338 cm³/mol. The first-order valence-electron chi connectivity index (χ1n) is 34.9. The fraction of sp³-hybridized carbons (Fsp3) is 0.942. The van der Waals surface area contributed by atoms with Crippen LogP contribution in [0, 0.1) is 0 Å². The molecule has 2 unspecified atom stereocenters. The van der Waals surface area contributed by atoms with Gasteiger partial charge in [-0.3, -0.25) is 14.2 Å². The van der Waals surface area contributed by atoms with E-state index in [4.69, 9.17) is 18.5 Å². The Kier molecular flexibility index (Phi) is 60.3. The minimum Gasteiger partial charge on any atom is -0.756 e. The largest absolute Gasteiger partial charge is 0.756 e. The Hall–Kier alpha value is -1.25.